The van der Waals surface area contributed by atoms with Crippen LogP contribution in [0.1, 0.15) is 41.8 Å². The summed E-state index contributed by atoms with van der Waals surface area (Å²) < 4.78 is 4.69. The first-order valence-electron chi connectivity index (χ1n) is 6.51. The second-order valence-electron chi connectivity index (χ2n) is 4.40. The molecular weight excluding hydrogens is 274 g/mol. The van der Waals surface area contributed by atoms with Crippen LogP contribution in [0.4, 0.5) is 0 Å². The van der Waals surface area contributed by atoms with Crippen LogP contribution in [0.5, 0.6) is 0 Å². The lowest BCUT2D eigenvalue weighted by atomic mass is 9.99. The van der Waals surface area contributed by atoms with Crippen LogP contribution >= 0.6 is 0 Å². The van der Waals surface area contributed by atoms with Crippen molar-refractivity contribution < 1.29 is 24.5 Å². The van der Waals surface area contributed by atoms with Gasteiger partial charge in [-0.2, -0.15) is 5.26 Å². The van der Waals surface area contributed by atoms with Crippen LogP contribution in [0.2, 0.25) is 0 Å². The summed E-state index contributed by atoms with van der Waals surface area (Å²) in [6.45, 7) is 1.86. The minimum atomic E-state index is -1.29. The van der Waals surface area contributed by atoms with Crippen molar-refractivity contribution >= 4 is 11.8 Å². The van der Waals surface area contributed by atoms with E-state index in [4.69, 9.17) is 10.00 Å². The van der Waals surface area contributed by atoms with Crippen molar-refractivity contribution in [2.24, 2.45) is 0 Å². The summed E-state index contributed by atoms with van der Waals surface area (Å²) in [5, 5.41) is 28.2. The Hall–Kier alpha value is -2.23. The highest BCUT2D eigenvalue weighted by Crippen LogP contribution is 2.20. The van der Waals surface area contributed by atoms with Gasteiger partial charge in [0.05, 0.1) is 31.6 Å². The van der Waals surface area contributed by atoms with Gasteiger partial charge in [-0.3, -0.25) is 9.59 Å². The Morgan fingerprint density at radius 1 is 1.29 bits per heavy atom. The number of esters is 1. The van der Waals surface area contributed by atoms with Gasteiger partial charge in [0.15, 0.2) is 5.78 Å². The molecule has 0 bridgehead atoms. The maximum absolute atomic E-state index is 11.5. The minimum absolute atomic E-state index is 0.206. The molecule has 0 saturated heterocycles. The fourth-order valence-corrected chi connectivity index (χ4v) is 1.76. The Kier molecular flexibility index (Phi) is 6.53. The molecule has 112 valence electrons. The number of ether oxygens (including phenoxy) is 1. The third-order valence-corrected chi connectivity index (χ3v) is 2.86. The molecule has 0 amide bonds. The van der Waals surface area contributed by atoms with Crippen molar-refractivity contribution in [3.05, 3.63) is 35.4 Å². The van der Waals surface area contributed by atoms with Gasteiger partial charge in [-0.1, -0.05) is 24.3 Å². The summed E-state index contributed by atoms with van der Waals surface area (Å²) in [6.07, 6.45) is -3.07. The fraction of sp³-hybridized carbons (Fsp3) is 0.400. The number of carbonyl (C=O) groups is 2. The Balaban J connectivity index is 2.70. The first kappa shape index (κ1) is 16.8. The summed E-state index contributed by atoms with van der Waals surface area (Å²) in [7, 11) is 0. The van der Waals surface area contributed by atoms with Crippen LogP contribution in [0.25, 0.3) is 0 Å². The van der Waals surface area contributed by atoms with Gasteiger partial charge in [-0.25, -0.2) is 0 Å². The van der Waals surface area contributed by atoms with Gasteiger partial charge in [0.1, 0.15) is 6.10 Å². The van der Waals surface area contributed by atoms with Crippen LogP contribution < -0.4 is 0 Å². The molecular formula is C15H17NO5. The van der Waals surface area contributed by atoms with E-state index in [1.165, 1.54) is 24.3 Å². The molecule has 1 aromatic carbocycles. The molecule has 0 heterocycles. The number of hydrogen-bond donors (Lipinski definition) is 2. The number of carbonyl (C=O) groups excluding carboxylic acids is 2. The molecule has 6 heteroatoms. The van der Waals surface area contributed by atoms with Gasteiger partial charge in [0.25, 0.3) is 0 Å². The van der Waals surface area contributed by atoms with E-state index in [0.717, 1.165) is 0 Å². The van der Waals surface area contributed by atoms with Gasteiger partial charge >= 0.3 is 5.97 Å². The van der Waals surface area contributed by atoms with E-state index < -0.39 is 18.2 Å². The molecule has 0 aliphatic heterocycles. The molecule has 2 atom stereocenters. The predicted molar refractivity (Wildman–Crippen MR) is 73.2 cm³/mol. The number of nitriles is 1. The standard InChI is InChI=1S/C15H17NO5/c1-2-21-14(19)9-13(18)15(20)11-5-3-10(4-6-11)12(17)7-8-16/h3-6,13,15,18,20H,2,7,9H2,1H3. The second-order valence-corrected chi connectivity index (χ2v) is 4.40. The SMILES string of the molecule is CCOC(=O)CC(O)C(O)c1ccc(C(=O)CC#N)cc1. The number of aliphatic hydroxyl groups excluding tert-OH is 2. The lowest BCUT2D eigenvalue weighted by molar-refractivity contribution is -0.147. The molecule has 21 heavy (non-hydrogen) atoms. The number of rotatable bonds is 7. The molecule has 1 rings (SSSR count). The number of nitrogens with zero attached hydrogens (tertiary/aromatic N) is 1. The summed E-state index contributed by atoms with van der Waals surface area (Å²) in [4.78, 5) is 22.7. The van der Waals surface area contributed by atoms with Crippen LogP contribution in [-0.2, 0) is 9.53 Å². The molecule has 1 aromatic rings. The maximum atomic E-state index is 11.5. The fourth-order valence-electron chi connectivity index (χ4n) is 1.76. The zero-order chi connectivity index (χ0) is 15.8. The lowest BCUT2D eigenvalue weighted by Gasteiger charge is -2.17. The van der Waals surface area contributed by atoms with Gasteiger partial charge in [0.2, 0.25) is 0 Å². The lowest BCUT2D eigenvalue weighted by Crippen LogP contribution is -2.23. The van der Waals surface area contributed by atoms with Crippen LogP contribution in [0.15, 0.2) is 24.3 Å². The first-order chi connectivity index (χ1) is 9.99. The van der Waals surface area contributed by atoms with E-state index in [9.17, 15) is 19.8 Å². The zero-order valence-electron chi connectivity index (χ0n) is 11.7. The van der Waals surface area contributed by atoms with E-state index in [1.54, 1.807) is 13.0 Å². The van der Waals surface area contributed by atoms with Gasteiger partial charge < -0.3 is 14.9 Å². The molecule has 0 saturated carbocycles. The molecule has 2 unspecified atom stereocenters. The first-order valence-corrected chi connectivity index (χ1v) is 6.51. The van der Waals surface area contributed by atoms with E-state index in [0.29, 0.717) is 11.1 Å². The van der Waals surface area contributed by atoms with Crippen LogP contribution in [0.3, 0.4) is 0 Å². The molecule has 0 aliphatic rings. The highest BCUT2D eigenvalue weighted by molar-refractivity contribution is 5.97. The average Bonchev–Trinajstić information content (AvgIpc) is 2.47. The van der Waals surface area contributed by atoms with Crippen molar-refractivity contribution in [1.82, 2.24) is 0 Å². The second kappa shape index (κ2) is 8.15. The Labute approximate surface area is 122 Å². The van der Waals surface area contributed by atoms with Crippen molar-refractivity contribution in [1.29, 1.82) is 5.26 Å². The summed E-state index contributed by atoms with van der Waals surface area (Å²) >= 11 is 0. The number of Topliss-reactive ketones (excluding diaryl/α,β-unsaturated/α-hetero) is 1. The quantitative estimate of drug-likeness (QED) is 0.576. The normalized spacial score (nSPS) is 13.0. The van der Waals surface area contributed by atoms with E-state index in [1.807, 2.05) is 0 Å². The van der Waals surface area contributed by atoms with E-state index in [2.05, 4.69) is 0 Å². The topological polar surface area (TPSA) is 108 Å². The minimum Gasteiger partial charge on any atom is -0.466 e. The number of benzene rings is 1. The van der Waals surface area contributed by atoms with Crippen molar-refractivity contribution in [2.75, 3.05) is 6.61 Å². The molecule has 0 fully saturated rings. The molecule has 0 aliphatic carbocycles. The van der Waals surface area contributed by atoms with Gasteiger partial charge in [0, 0.05) is 5.56 Å². The Morgan fingerprint density at radius 2 is 1.90 bits per heavy atom. The van der Waals surface area contributed by atoms with Crippen molar-refractivity contribution in [3.63, 3.8) is 0 Å². The van der Waals surface area contributed by atoms with Crippen molar-refractivity contribution in [2.45, 2.75) is 32.0 Å². The largest absolute Gasteiger partial charge is 0.466 e. The molecule has 0 spiro atoms. The van der Waals surface area contributed by atoms with Crippen molar-refractivity contribution in [3.8, 4) is 6.07 Å². The highest BCUT2D eigenvalue weighted by Gasteiger charge is 2.22. The summed E-state index contributed by atoms with van der Waals surface area (Å²) in [5.41, 5.74) is 0.729. The predicted octanol–water partition coefficient (Wildman–Crippen LogP) is 1.13. The zero-order valence-corrected chi connectivity index (χ0v) is 11.7. The number of hydrogen-bond acceptors (Lipinski definition) is 6. The molecule has 0 aromatic heterocycles. The van der Waals surface area contributed by atoms with Gasteiger partial charge in [-0.05, 0) is 12.5 Å². The maximum Gasteiger partial charge on any atom is 0.308 e. The number of aliphatic hydroxyl groups is 2. The Morgan fingerprint density at radius 3 is 2.43 bits per heavy atom. The van der Waals surface area contributed by atoms with Crippen LogP contribution in [0, 0.1) is 11.3 Å². The monoisotopic (exact) mass is 291 g/mol. The highest BCUT2D eigenvalue weighted by atomic mass is 16.5. The van der Waals surface area contributed by atoms with Crippen LogP contribution in [-0.4, -0.2) is 34.7 Å². The molecule has 6 nitrogen and oxygen atoms in total. The number of ketones is 1. The van der Waals surface area contributed by atoms with E-state index in [-0.39, 0.29) is 25.2 Å². The Bertz CT molecular complexity index is 532. The van der Waals surface area contributed by atoms with Gasteiger partial charge in [-0.15, -0.1) is 0 Å². The third-order valence-electron chi connectivity index (χ3n) is 2.86. The third kappa shape index (κ3) is 4.99. The smallest absolute Gasteiger partial charge is 0.308 e. The average molecular weight is 291 g/mol. The molecule has 2 N–H and O–H groups in total. The summed E-state index contributed by atoms with van der Waals surface area (Å²) in [6, 6.07) is 7.65. The van der Waals surface area contributed by atoms with E-state index >= 15 is 0 Å². The molecule has 0 radical (unpaired) electrons. The summed E-state index contributed by atoms with van der Waals surface area (Å²) in [5.74, 6) is -0.907.